The molecule has 10 heteroatoms. The van der Waals surface area contributed by atoms with Gasteiger partial charge in [-0.05, 0) is 50.3 Å². The number of thioether (sulfide) groups is 1. The maximum atomic E-state index is 12.9. The number of aryl methyl sites for hydroxylation is 1. The number of anilines is 1. The third kappa shape index (κ3) is 5.97. The highest BCUT2D eigenvalue weighted by Crippen LogP contribution is 2.38. The van der Waals surface area contributed by atoms with Crippen molar-refractivity contribution in [2.24, 2.45) is 0 Å². The summed E-state index contributed by atoms with van der Waals surface area (Å²) in [4.78, 5) is 26.8. The van der Waals surface area contributed by atoms with E-state index in [9.17, 15) is 9.59 Å². The molecule has 0 fully saturated rings. The number of fused-ring (bicyclic) bond motifs is 1. The molecule has 0 aliphatic heterocycles. The average Bonchev–Trinajstić information content (AvgIpc) is 3.30. The van der Waals surface area contributed by atoms with Crippen molar-refractivity contribution in [2.75, 3.05) is 17.7 Å². The Bertz CT molecular complexity index is 1240. The van der Waals surface area contributed by atoms with Gasteiger partial charge in [-0.1, -0.05) is 48.0 Å². The number of hydrogen-bond acceptors (Lipinski definition) is 7. The van der Waals surface area contributed by atoms with Crippen LogP contribution in [0.3, 0.4) is 0 Å². The van der Waals surface area contributed by atoms with Crippen molar-refractivity contribution in [3.05, 3.63) is 57.9 Å². The van der Waals surface area contributed by atoms with Gasteiger partial charge in [-0.2, -0.15) is 0 Å². The molecule has 0 saturated heterocycles. The smallest absolute Gasteiger partial charge is 0.341 e. The number of nitrogens with zero attached hydrogens (tertiary/aromatic N) is 3. The number of halogens is 1. The zero-order chi connectivity index (χ0) is 24.8. The van der Waals surface area contributed by atoms with Crippen molar-refractivity contribution in [1.29, 1.82) is 0 Å². The summed E-state index contributed by atoms with van der Waals surface area (Å²) in [6, 6.07) is 7.39. The van der Waals surface area contributed by atoms with Crippen LogP contribution < -0.4 is 5.32 Å². The van der Waals surface area contributed by atoms with Gasteiger partial charge in [0, 0.05) is 22.0 Å². The lowest BCUT2D eigenvalue weighted by Crippen LogP contribution is -2.17. The molecule has 184 valence electrons. The van der Waals surface area contributed by atoms with Gasteiger partial charge in [0.05, 0.1) is 17.9 Å². The van der Waals surface area contributed by atoms with Crippen LogP contribution in [0.1, 0.15) is 47.0 Å². The lowest BCUT2D eigenvalue weighted by atomic mass is 10.1. The topological polar surface area (TPSA) is 86.1 Å². The predicted octanol–water partition coefficient (Wildman–Crippen LogP) is 6.02. The first kappa shape index (κ1) is 25.5. The Morgan fingerprint density at radius 3 is 2.89 bits per heavy atom. The molecule has 1 aromatic carbocycles. The van der Waals surface area contributed by atoms with E-state index in [1.165, 1.54) is 28.0 Å². The zero-order valence-corrected chi connectivity index (χ0v) is 21.9. The van der Waals surface area contributed by atoms with Crippen LogP contribution in [0, 0.1) is 0 Å². The summed E-state index contributed by atoms with van der Waals surface area (Å²) in [6.07, 6.45) is 6.78. The first-order chi connectivity index (χ1) is 17.0. The van der Waals surface area contributed by atoms with Crippen LogP contribution in [-0.2, 0) is 28.9 Å². The summed E-state index contributed by atoms with van der Waals surface area (Å²) < 4.78 is 7.21. The molecular formula is C25H27ClN4O3S2. The number of aromatic nitrogens is 3. The molecule has 1 N–H and O–H groups in total. The first-order valence-corrected chi connectivity index (χ1v) is 13.7. The lowest BCUT2D eigenvalue weighted by Gasteiger charge is -2.09. The van der Waals surface area contributed by atoms with Crippen molar-refractivity contribution in [3.8, 4) is 11.4 Å². The fourth-order valence-electron chi connectivity index (χ4n) is 4.07. The molecule has 0 bridgehead atoms. The number of carbonyl (C=O) groups excluding carboxylic acids is 2. The van der Waals surface area contributed by atoms with E-state index in [1.54, 1.807) is 19.1 Å². The van der Waals surface area contributed by atoms with Crippen molar-refractivity contribution in [1.82, 2.24) is 14.8 Å². The quantitative estimate of drug-likeness (QED) is 0.157. The largest absolute Gasteiger partial charge is 0.462 e. The average molecular weight is 531 g/mol. The molecule has 0 atom stereocenters. The van der Waals surface area contributed by atoms with Crippen molar-refractivity contribution in [2.45, 2.75) is 50.7 Å². The normalized spacial score (nSPS) is 13.1. The second-order valence-corrected chi connectivity index (χ2v) is 10.5. The van der Waals surface area contributed by atoms with Gasteiger partial charge >= 0.3 is 5.97 Å². The molecule has 0 spiro atoms. The summed E-state index contributed by atoms with van der Waals surface area (Å²) >= 11 is 8.92. The molecule has 1 amide bonds. The highest BCUT2D eigenvalue weighted by atomic mass is 35.5. The van der Waals surface area contributed by atoms with Gasteiger partial charge in [-0.15, -0.1) is 28.1 Å². The number of ether oxygens (including phenoxy) is 1. The number of hydrogen-bond donors (Lipinski definition) is 1. The number of allylic oxidation sites excluding steroid dienone is 1. The number of benzene rings is 1. The molecule has 2 aromatic heterocycles. The summed E-state index contributed by atoms with van der Waals surface area (Å²) in [6.45, 7) is 6.39. The second kappa shape index (κ2) is 11.9. The van der Waals surface area contributed by atoms with Crippen molar-refractivity contribution >= 4 is 51.6 Å². The Morgan fingerprint density at radius 1 is 1.29 bits per heavy atom. The number of amides is 1. The van der Waals surface area contributed by atoms with Crippen LogP contribution in [0.5, 0.6) is 0 Å². The highest BCUT2D eigenvalue weighted by molar-refractivity contribution is 7.99. The Morgan fingerprint density at radius 2 is 2.11 bits per heavy atom. The van der Waals surface area contributed by atoms with Gasteiger partial charge < -0.3 is 10.1 Å². The minimum atomic E-state index is -0.369. The maximum Gasteiger partial charge on any atom is 0.341 e. The molecule has 0 radical (unpaired) electrons. The lowest BCUT2D eigenvalue weighted by molar-refractivity contribution is -0.113. The second-order valence-electron chi connectivity index (χ2n) is 8.04. The van der Waals surface area contributed by atoms with E-state index in [4.69, 9.17) is 16.3 Å². The molecule has 7 nitrogen and oxygen atoms in total. The standard InChI is InChI=1S/C25H27ClN4O3S2/c1-3-13-30-22(16-9-8-10-17(26)14-16)28-29-25(30)34-15-20(31)27-23-21(24(32)33-4-2)18-11-6-5-7-12-19(18)35-23/h3,8-10,14H,1,4-7,11-13,15H2,2H3,(H,27,31). The summed E-state index contributed by atoms with van der Waals surface area (Å²) in [7, 11) is 0. The van der Waals surface area contributed by atoms with E-state index >= 15 is 0 Å². The van der Waals surface area contributed by atoms with Gasteiger partial charge in [-0.3, -0.25) is 9.36 Å². The Hall–Kier alpha value is -2.62. The number of rotatable bonds is 9. The number of esters is 1. The van der Waals surface area contributed by atoms with Crippen LogP contribution in [0.2, 0.25) is 5.02 Å². The molecule has 0 saturated carbocycles. The third-order valence-electron chi connectivity index (χ3n) is 5.60. The number of thiophene rings is 1. The molecule has 1 aliphatic carbocycles. The summed E-state index contributed by atoms with van der Waals surface area (Å²) in [5, 5.41) is 13.3. The van der Waals surface area contributed by atoms with E-state index < -0.39 is 0 Å². The fourth-order valence-corrected chi connectivity index (χ4v) is 6.30. The number of carbonyl (C=O) groups is 2. The zero-order valence-electron chi connectivity index (χ0n) is 19.5. The van der Waals surface area contributed by atoms with Gasteiger partial charge in [0.2, 0.25) is 5.91 Å². The fraction of sp³-hybridized carbons (Fsp3) is 0.360. The predicted molar refractivity (Wildman–Crippen MR) is 142 cm³/mol. The summed E-state index contributed by atoms with van der Waals surface area (Å²) in [5.41, 5.74) is 2.39. The highest BCUT2D eigenvalue weighted by Gasteiger charge is 2.27. The molecule has 0 unspecified atom stereocenters. The minimum Gasteiger partial charge on any atom is -0.462 e. The maximum absolute atomic E-state index is 12.9. The van der Waals surface area contributed by atoms with E-state index in [-0.39, 0.29) is 17.6 Å². The minimum absolute atomic E-state index is 0.121. The van der Waals surface area contributed by atoms with E-state index in [2.05, 4.69) is 22.1 Å². The SMILES string of the molecule is C=CCn1c(SCC(=O)Nc2sc3c(c2C(=O)OCC)CCCCC3)nnc1-c1cccc(Cl)c1. The Kier molecular flexibility index (Phi) is 8.64. The molecular weight excluding hydrogens is 504 g/mol. The Labute approximate surface area is 217 Å². The van der Waals surface area contributed by atoms with Crippen molar-refractivity contribution < 1.29 is 14.3 Å². The van der Waals surface area contributed by atoms with Gasteiger partial charge in [-0.25, -0.2) is 4.79 Å². The van der Waals surface area contributed by atoms with Gasteiger partial charge in [0.1, 0.15) is 5.00 Å². The van der Waals surface area contributed by atoms with Crippen LogP contribution in [0.25, 0.3) is 11.4 Å². The van der Waals surface area contributed by atoms with E-state index in [0.29, 0.717) is 39.7 Å². The molecule has 1 aliphatic rings. The molecule has 4 rings (SSSR count). The van der Waals surface area contributed by atoms with Crippen LogP contribution in [-0.4, -0.2) is 39.0 Å². The number of nitrogens with one attached hydrogen (secondary N) is 1. The van der Waals surface area contributed by atoms with E-state index in [1.807, 2.05) is 22.8 Å². The molecule has 3 aromatic rings. The van der Waals surface area contributed by atoms with Crippen LogP contribution in [0.15, 0.2) is 42.1 Å². The van der Waals surface area contributed by atoms with Gasteiger partial charge in [0.25, 0.3) is 0 Å². The monoisotopic (exact) mass is 530 g/mol. The first-order valence-electron chi connectivity index (χ1n) is 11.6. The van der Waals surface area contributed by atoms with Crippen LogP contribution in [0.4, 0.5) is 5.00 Å². The van der Waals surface area contributed by atoms with Crippen LogP contribution >= 0.6 is 34.7 Å². The summed E-state index contributed by atoms with van der Waals surface area (Å²) in [5.74, 6) is 0.193. The van der Waals surface area contributed by atoms with E-state index in [0.717, 1.165) is 43.2 Å². The third-order valence-corrected chi connectivity index (χ3v) is 8.01. The van der Waals surface area contributed by atoms with Gasteiger partial charge in [0.15, 0.2) is 11.0 Å². The molecule has 35 heavy (non-hydrogen) atoms. The van der Waals surface area contributed by atoms with Crippen molar-refractivity contribution in [3.63, 3.8) is 0 Å². The Balaban J connectivity index is 1.51. The molecule has 2 heterocycles.